The average Bonchev–Trinajstić information content (AvgIpc) is 2.89. The molecule has 0 saturated carbocycles. The third-order valence-electron chi connectivity index (χ3n) is 2.67. The van der Waals surface area contributed by atoms with Gasteiger partial charge in [0, 0.05) is 24.7 Å². The summed E-state index contributed by atoms with van der Waals surface area (Å²) in [6.45, 7) is 2.29. The van der Waals surface area contributed by atoms with Gasteiger partial charge in [-0.05, 0) is 18.9 Å². The molecule has 2 heterocycles. The number of hydrogen-bond acceptors (Lipinski definition) is 5. The van der Waals surface area contributed by atoms with Crippen LogP contribution in [0.5, 0.6) is 0 Å². The number of nitrogens with one attached hydrogen (secondary N) is 1. The van der Waals surface area contributed by atoms with Gasteiger partial charge in [0.2, 0.25) is 5.91 Å². The zero-order valence-electron chi connectivity index (χ0n) is 8.93. The lowest BCUT2D eigenvalue weighted by molar-refractivity contribution is -0.117. The van der Waals surface area contributed by atoms with Crippen LogP contribution in [0.4, 0.5) is 5.13 Å². The Balaban J connectivity index is 1.76. The van der Waals surface area contributed by atoms with Gasteiger partial charge in [-0.1, -0.05) is 0 Å². The zero-order chi connectivity index (χ0) is 11.4. The molecule has 1 atom stereocenters. The second-order valence-corrected chi connectivity index (χ2v) is 4.85. The van der Waals surface area contributed by atoms with Crippen LogP contribution >= 0.6 is 11.3 Å². The smallest absolute Gasteiger partial charge is 0.240 e. The fraction of sp³-hybridized carbons (Fsp3) is 0.600. The number of carbonyl (C=O) groups is 1. The molecule has 6 heteroatoms. The van der Waals surface area contributed by atoms with E-state index in [1.165, 1.54) is 11.3 Å². The van der Waals surface area contributed by atoms with Gasteiger partial charge >= 0.3 is 0 Å². The lowest BCUT2D eigenvalue weighted by Crippen LogP contribution is -2.31. The first-order chi connectivity index (χ1) is 7.78. The summed E-state index contributed by atoms with van der Waals surface area (Å²) in [5.41, 5.74) is 0. The lowest BCUT2D eigenvalue weighted by Gasteiger charge is -2.14. The Bertz CT molecular complexity index is 342. The molecule has 0 spiro atoms. The average molecular weight is 241 g/mol. The summed E-state index contributed by atoms with van der Waals surface area (Å²) < 4.78 is 0. The summed E-state index contributed by atoms with van der Waals surface area (Å²) in [5.74, 6) is 0.293. The number of carbonyl (C=O) groups excluding carboxylic acids is 1. The van der Waals surface area contributed by atoms with Crippen molar-refractivity contribution < 1.29 is 9.90 Å². The van der Waals surface area contributed by atoms with E-state index in [1.807, 2.05) is 5.38 Å². The summed E-state index contributed by atoms with van der Waals surface area (Å²) in [5, 5.41) is 14.2. The lowest BCUT2D eigenvalue weighted by atomic mass is 10.1. The van der Waals surface area contributed by atoms with E-state index >= 15 is 0 Å². The second kappa shape index (κ2) is 5.38. The van der Waals surface area contributed by atoms with Gasteiger partial charge in [-0.15, -0.1) is 11.3 Å². The van der Waals surface area contributed by atoms with Crippen LogP contribution in [-0.4, -0.2) is 47.1 Å². The van der Waals surface area contributed by atoms with Crippen LogP contribution in [0, 0.1) is 5.92 Å². The van der Waals surface area contributed by atoms with Crippen molar-refractivity contribution in [3.05, 3.63) is 11.6 Å². The predicted octanol–water partition coefficient (Wildman–Crippen LogP) is 0.396. The topological polar surface area (TPSA) is 65.5 Å². The van der Waals surface area contributed by atoms with E-state index in [9.17, 15) is 4.79 Å². The van der Waals surface area contributed by atoms with E-state index in [-0.39, 0.29) is 12.5 Å². The summed E-state index contributed by atoms with van der Waals surface area (Å²) in [6.07, 6.45) is 2.64. The molecule has 2 rings (SSSR count). The number of nitrogens with zero attached hydrogens (tertiary/aromatic N) is 2. The van der Waals surface area contributed by atoms with Crippen LogP contribution in [0.25, 0.3) is 0 Å². The molecule has 5 nitrogen and oxygen atoms in total. The highest BCUT2D eigenvalue weighted by Gasteiger charge is 2.23. The van der Waals surface area contributed by atoms with Crippen molar-refractivity contribution in [2.24, 2.45) is 5.92 Å². The second-order valence-electron chi connectivity index (χ2n) is 3.96. The maximum absolute atomic E-state index is 11.6. The molecule has 0 aliphatic carbocycles. The minimum absolute atomic E-state index is 0.0338. The van der Waals surface area contributed by atoms with Crippen molar-refractivity contribution in [2.45, 2.75) is 6.42 Å². The number of aliphatic hydroxyl groups excluding tert-OH is 1. The molecule has 0 radical (unpaired) electrons. The van der Waals surface area contributed by atoms with E-state index in [0.717, 1.165) is 19.5 Å². The van der Waals surface area contributed by atoms with Crippen molar-refractivity contribution >= 4 is 22.4 Å². The van der Waals surface area contributed by atoms with Crippen molar-refractivity contribution in [1.82, 2.24) is 9.88 Å². The molecule has 0 aromatic carbocycles. The van der Waals surface area contributed by atoms with Gasteiger partial charge in [0.1, 0.15) is 0 Å². The van der Waals surface area contributed by atoms with Gasteiger partial charge in [-0.3, -0.25) is 9.69 Å². The van der Waals surface area contributed by atoms with Crippen molar-refractivity contribution in [2.75, 3.05) is 31.6 Å². The maximum Gasteiger partial charge on any atom is 0.240 e. The summed E-state index contributed by atoms with van der Waals surface area (Å²) >= 11 is 1.41. The number of rotatable bonds is 4. The van der Waals surface area contributed by atoms with E-state index in [1.54, 1.807) is 6.20 Å². The van der Waals surface area contributed by atoms with Crippen LogP contribution in [0.2, 0.25) is 0 Å². The molecule has 1 amide bonds. The number of aromatic nitrogens is 1. The van der Waals surface area contributed by atoms with Gasteiger partial charge in [0.25, 0.3) is 0 Å². The molecule has 1 saturated heterocycles. The maximum atomic E-state index is 11.6. The van der Waals surface area contributed by atoms with Crippen LogP contribution in [0.15, 0.2) is 11.6 Å². The third kappa shape index (κ3) is 3.01. The summed E-state index contributed by atoms with van der Waals surface area (Å²) in [7, 11) is 0. The van der Waals surface area contributed by atoms with E-state index in [0.29, 0.717) is 17.6 Å². The Kier molecular flexibility index (Phi) is 3.87. The Labute approximate surface area is 98.1 Å². The van der Waals surface area contributed by atoms with Crippen LogP contribution < -0.4 is 5.32 Å². The van der Waals surface area contributed by atoms with E-state index in [2.05, 4.69) is 15.2 Å². The van der Waals surface area contributed by atoms with Crippen molar-refractivity contribution in [3.8, 4) is 0 Å². The monoisotopic (exact) mass is 241 g/mol. The highest BCUT2D eigenvalue weighted by atomic mass is 32.1. The standard InChI is InChI=1S/C10H15N3O2S/c14-7-8-1-3-13(5-8)6-9(15)12-10-11-2-4-16-10/h2,4,8,14H,1,3,5-7H2,(H,11,12,15)/t8-/m0/s1. The van der Waals surface area contributed by atoms with Gasteiger partial charge < -0.3 is 10.4 Å². The molecular formula is C10H15N3O2S. The molecule has 2 N–H and O–H groups in total. The third-order valence-corrected chi connectivity index (χ3v) is 3.36. The predicted molar refractivity (Wildman–Crippen MR) is 62.4 cm³/mol. The van der Waals surface area contributed by atoms with Crippen LogP contribution in [-0.2, 0) is 4.79 Å². The summed E-state index contributed by atoms with van der Waals surface area (Å²) in [4.78, 5) is 17.7. The SMILES string of the molecule is O=C(CN1CC[C@H](CO)C1)Nc1nccs1. The normalized spacial score (nSPS) is 21.2. The van der Waals surface area contributed by atoms with Gasteiger partial charge in [-0.25, -0.2) is 4.98 Å². The highest BCUT2D eigenvalue weighted by Crippen LogP contribution is 2.15. The Hall–Kier alpha value is -0.980. The molecular weight excluding hydrogens is 226 g/mol. The molecule has 1 aliphatic rings. The summed E-state index contributed by atoms with van der Waals surface area (Å²) in [6, 6.07) is 0. The van der Waals surface area contributed by atoms with Crippen LogP contribution in [0.1, 0.15) is 6.42 Å². The number of hydrogen-bond donors (Lipinski definition) is 2. The molecule has 1 aromatic heterocycles. The number of aliphatic hydroxyl groups is 1. The molecule has 0 bridgehead atoms. The molecule has 0 unspecified atom stereocenters. The fourth-order valence-electron chi connectivity index (χ4n) is 1.85. The van der Waals surface area contributed by atoms with Gasteiger partial charge in [0.05, 0.1) is 6.54 Å². The van der Waals surface area contributed by atoms with Crippen LogP contribution in [0.3, 0.4) is 0 Å². The minimum Gasteiger partial charge on any atom is -0.396 e. The molecule has 1 aromatic rings. The van der Waals surface area contributed by atoms with Gasteiger partial charge in [-0.2, -0.15) is 0 Å². The van der Waals surface area contributed by atoms with E-state index < -0.39 is 0 Å². The van der Waals surface area contributed by atoms with E-state index in [4.69, 9.17) is 5.11 Å². The Morgan fingerprint density at radius 2 is 2.62 bits per heavy atom. The number of amides is 1. The first-order valence-corrected chi connectivity index (χ1v) is 6.18. The highest BCUT2D eigenvalue weighted by molar-refractivity contribution is 7.13. The molecule has 16 heavy (non-hydrogen) atoms. The quantitative estimate of drug-likeness (QED) is 0.800. The first-order valence-electron chi connectivity index (χ1n) is 5.30. The Morgan fingerprint density at radius 3 is 3.25 bits per heavy atom. The zero-order valence-corrected chi connectivity index (χ0v) is 9.74. The minimum atomic E-state index is -0.0338. The Morgan fingerprint density at radius 1 is 1.75 bits per heavy atom. The van der Waals surface area contributed by atoms with Crippen molar-refractivity contribution in [1.29, 1.82) is 0 Å². The van der Waals surface area contributed by atoms with Gasteiger partial charge in [0.15, 0.2) is 5.13 Å². The molecule has 1 fully saturated rings. The van der Waals surface area contributed by atoms with Crippen molar-refractivity contribution in [3.63, 3.8) is 0 Å². The number of anilines is 1. The first kappa shape index (κ1) is 11.5. The molecule has 88 valence electrons. The molecule has 1 aliphatic heterocycles. The number of thiazole rings is 1. The number of likely N-dealkylation sites (tertiary alicyclic amines) is 1. The fourth-order valence-corrected chi connectivity index (χ4v) is 2.40. The largest absolute Gasteiger partial charge is 0.396 e.